The monoisotopic (exact) mass is 262 g/mol. The zero-order valence-electron chi connectivity index (χ0n) is 11.3. The Kier molecular flexibility index (Phi) is 3.32. The standard InChI is InChI=1S/C14H18N2O3/c1-10(17)9-15-13(19)16(12(18)14(15,2)3)11-7-5-4-6-8-11/h4-8,10,17H,9H2,1-3H3. The second kappa shape index (κ2) is 4.66. The molecule has 0 spiro atoms. The number of aliphatic hydroxyl groups is 1. The van der Waals surface area contributed by atoms with Crippen LogP contribution in [0.2, 0.25) is 0 Å². The number of aliphatic hydroxyl groups excluding tert-OH is 1. The topological polar surface area (TPSA) is 60.9 Å². The molecule has 1 aliphatic rings. The number of β-amino-alcohol motifs (C(OH)–C–C–N with tert-alkyl or cyclic N) is 1. The number of anilines is 1. The van der Waals surface area contributed by atoms with E-state index in [0.29, 0.717) is 5.69 Å². The molecule has 1 unspecified atom stereocenters. The van der Waals surface area contributed by atoms with E-state index in [4.69, 9.17) is 0 Å². The van der Waals surface area contributed by atoms with Crippen LogP contribution in [0.4, 0.5) is 10.5 Å². The maximum absolute atomic E-state index is 12.4. The summed E-state index contributed by atoms with van der Waals surface area (Å²) in [5.41, 5.74) is -0.386. The van der Waals surface area contributed by atoms with Crippen LogP contribution in [0.3, 0.4) is 0 Å². The minimum atomic E-state index is -0.941. The summed E-state index contributed by atoms with van der Waals surface area (Å²) in [7, 11) is 0. The summed E-state index contributed by atoms with van der Waals surface area (Å²) in [6, 6.07) is 8.44. The van der Waals surface area contributed by atoms with Crippen LogP contribution in [-0.2, 0) is 4.79 Å². The van der Waals surface area contributed by atoms with Gasteiger partial charge in [0, 0.05) is 6.54 Å². The molecule has 3 amide bonds. The minimum absolute atomic E-state index is 0.140. The van der Waals surface area contributed by atoms with Gasteiger partial charge in [-0.1, -0.05) is 18.2 Å². The Balaban J connectivity index is 2.38. The van der Waals surface area contributed by atoms with Crippen molar-refractivity contribution in [3.05, 3.63) is 30.3 Å². The highest BCUT2D eigenvalue weighted by atomic mass is 16.3. The smallest absolute Gasteiger partial charge is 0.332 e. The Morgan fingerprint density at radius 1 is 1.21 bits per heavy atom. The van der Waals surface area contributed by atoms with Gasteiger partial charge in [0.05, 0.1) is 11.8 Å². The summed E-state index contributed by atoms with van der Waals surface area (Å²) in [5, 5.41) is 9.48. The molecule has 2 rings (SSSR count). The lowest BCUT2D eigenvalue weighted by Crippen LogP contribution is -2.47. The predicted molar refractivity (Wildman–Crippen MR) is 71.8 cm³/mol. The van der Waals surface area contributed by atoms with Gasteiger partial charge in [0.1, 0.15) is 5.54 Å². The highest BCUT2D eigenvalue weighted by molar-refractivity contribution is 6.22. The fourth-order valence-corrected chi connectivity index (χ4v) is 2.21. The lowest BCUT2D eigenvalue weighted by Gasteiger charge is -2.28. The van der Waals surface area contributed by atoms with Gasteiger partial charge in [-0.05, 0) is 32.9 Å². The molecule has 1 atom stereocenters. The van der Waals surface area contributed by atoms with Gasteiger partial charge in [-0.2, -0.15) is 0 Å². The van der Waals surface area contributed by atoms with Crippen molar-refractivity contribution in [2.45, 2.75) is 32.4 Å². The lowest BCUT2D eigenvalue weighted by atomic mass is 10.0. The molecule has 1 fully saturated rings. The SMILES string of the molecule is CC(O)CN1C(=O)N(c2ccccc2)C(=O)C1(C)C. The van der Waals surface area contributed by atoms with E-state index in [1.165, 1.54) is 9.80 Å². The first-order valence-corrected chi connectivity index (χ1v) is 6.25. The number of urea groups is 1. The Morgan fingerprint density at radius 2 is 1.79 bits per heavy atom. The van der Waals surface area contributed by atoms with Gasteiger partial charge in [0.25, 0.3) is 5.91 Å². The van der Waals surface area contributed by atoms with Crippen molar-refractivity contribution in [3.63, 3.8) is 0 Å². The van der Waals surface area contributed by atoms with E-state index in [1.54, 1.807) is 45.0 Å². The van der Waals surface area contributed by atoms with Crippen molar-refractivity contribution in [1.29, 1.82) is 0 Å². The second-order valence-electron chi connectivity index (χ2n) is 5.28. The van der Waals surface area contributed by atoms with Gasteiger partial charge in [-0.3, -0.25) is 4.79 Å². The molecule has 1 aromatic rings. The van der Waals surface area contributed by atoms with Gasteiger partial charge in [-0.25, -0.2) is 9.69 Å². The molecule has 1 aromatic carbocycles. The third kappa shape index (κ3) is 2.21. The van der Waals surface area contributed by atoms with Gasteiger partial charge >= 0.3 is 6.03 Å². The Bertz CT molecular complexity index is 497. The summed E-state index contributed by atoms with van der Waals surface area (Å²) >= 11 is 0. The predicted octanol–water partition coefficient (Wildman–Crippen LogP) is 1.61. The van der Waals surface area contributed by atoms with E-state index in [2.05, 4.69) is 0 Å². The zero-order chi connectivity index (χ0) is 14.2. The molecule has 0 bridgehead atoms. The number of para-hydroxylation sites is 1. The van der Waals surface area contributed by atoms with E-state index in [1.807, 2.05) is 6.07 Å². The van der Waals surface area contributed by atoms with Crippen LogP contribution in [0.1, 0.15) is 20.8 Å². The van der Waals surface area contributed by atoms with Crippen molar-refractivity contribution < 1.29 is 14.7 Å². The first-order valence-electron chi connectivity index (χ1n) is 6.25. The molecular formula is C14H18N2O3. The van der Waals surface area contributed by atoms with E-state index >= 15 is 0 Å². The number of carbonyl (C=O) groups is 2. The molecular weight excluding hydrogens is 244 g/mol. The summed E-state index contributed by atoms with van der Waals surface area (Å²) < 4.78 is 0. The molecule has 5 nitrogen and oxygen atoms in total. The number of hydrogen-bond acceptors (Lipinski definition) is 3. The Morgan fingerprint density at radius 3 is 2.32 bits per heavy atom. The quantitative estimate of drug-likeness (QED) is 0.842. The number of carbonyl (C=O) groups excluding carboxylic acids is 2. The van der Waals surface area contributed by atoms with Gasteiger partial charge < -0.3 is 10.0 Å². The van der Waals surface area contributed by atoms with E-state index in [0.717, 1.165) is 0 Å². The van der Waals surface area contributed by atoms with Crippen molar-refractivity contribution in [2.24, 2.45) is 0 Å². The molecule has 5 heteroatoms. The molecule has 1 N–H and O–H groups in total. The average Bonchev–Trinajstić information content (AvgIpc) is 2.51. The van der Waals surface area contributed by atoms with Crippen LogP contribution >= 0.6 is 0 Å². The molecule has 0 aromatic heterocycles. The number of nitrogens with zero attached hydrogens (tertiary/aromatic N) is 2. The van der Waals surface area contributed by atoms with Crippen molar-refractivity contribution in [2.75, 3.05) is 11.4 Å². The van der Waals surface area contributed by atoms with Gasteiger partial charge in [-0.15, -0.1) is 0 Å². The normalized spacial score (nSPS) is 20.0. The van der Waals surface area contributed by atoms with Crippen molar-refractivity contribution >= 4 is 17.6 Å². The average molecular weight is 262 g/mol. The molecule has 0 saturated carbocycles. The first kappa shape index (κ1) is 13.5. The van der Waals surface area contributed by atoms with E-state index in [9.17, 15) is 14.7 Å². The number of amides is 3. The van der Waals surface area contributed by atoms with Crippen LogP contribution in [0.15, 0.2) is 30.3 Å². The van der Waals surface area contributed by atoms with Crippen LogP contribution < -0.4 is 4.90 Å². The highest BCUT2D eigenvalue weighted by Crippen LogP contribution is 2.31. The molecule has 19 heavy (non-hydrogen) atoms. The molecule has 0 radical (unpaired) electrons. The van der Waals surface area contributed by atoms with Gasteiger partial charge in [0.2, 0.25) is 0 Å². The minimum Gasteiger partial charge on any atom is -0.392 e. The number of benzene rings is 1. The van der Waals surface area contributed by atoms with Crippen molar-refractivity contribution in [3.8, 4) is 0 Å². The Hall–Kier alpha value is -1.88. The highest BCUT2D eigenvalue weighted by Gasteiger charge is 2.51. The van der Waals surface area contributed by atoms with Crippen LogP contribution in [0.5, 0.6) is 0 Å². The fraction of sp³-hybridized carbons (Fsp3) is 0.429. The Labute approximate surface area is 112 Å². The first-order chi connectivity index (χ1) is 8.85. The van der Waals surface area contributed by atoms with Crippen LogP contribution in [0, 0.1) is 0 Å². The maximum atomic E-state index is 12.4. The third-order valence-electron chi connectivity index (χ3n) is 3.28. The summed E-state index contributed by atoms with van der Waals surface area (Å²) in [5.74, 6) is -0.274. The second-order valence-corrected chi connectivity index (χ2v) is 5.28. The number of rotatable bonds is 3. The molecule has 1 heterocycles. The molecule has 1 saturated heterocycles. The summed E-state index contributed by atoms with van der Waals surface area (Å²) in [4.78, 5) is 27.4. The summed E-state index contributed by atoms with van der Waals surface area (Å²) in [6.07, 6.45) is -0.674. The van der Waals surface area contributed by atoms with E-state index < -0.39 is 11.6 Å². The molecule has 1 aliphatic heterocycles. The van der Waals surface area contributed by atoms with Crippen LogP contribution in [0.25, 0.3) is 0 Å². The number of hydrogen-bond donors (Lipinski definition) is 1. The largest absolute Gasteiger partial charge is 0.392 e. The fourth-order valence-electron chi connectivity index (χ4n) is 2.21. The zero-order valence-corrected chi connectivity index (χ0v) is 11.3. The lowest BCUT2D eigenvalue weighted by molar-refractivity contribution is -0.123. The third-order valence-corrected chi connectivity index (χ3v) is 3.28. The van der Waals surface area contributed by atoms with Gasteiger partial charge in [0.15, 0.2) is 0 Å². The molecule has 102 valence electrons. The summed E-state index contributed by atoms with van der Waals surface area (Å²) in [6.45, 7) is 5.12. The number of imide groups is 1. The maximum Gasteiger partial charge on any atom is 0.332 e. The molecule has 0 aliphatic carbocycles. The van der Waals surface area contributed by atoms with Crippen LogP contribution in [-0.4, -0.2) is 40.1 Å². The van der Waals surface area contributed by atoms with Crippen molar-refractivity contribution in [1.82, 2.24) is 4.90 Å². The van der Waals surface area contributed by atoms with E-state index in [-0.39, 0.29) is 18.5 Å².